The third-order valence-electron chi connectivity index (χ3n) is 2.55. The Labute approximate surface area is 124 Å². The minimum Gasteiger partial charge on any atom is -0.437 e. The summed E-state index contributed by atoms with van der Waals surface area (Å²) in [6.07, 6.45) is 7.41. The molecule has 0 aliphatic rings. The van der Waals surface area contributed by atoms with E-state index >= 15 is 0 Å². The molecule has 0 N–H and O–H groups in total. The molecule has 0 saturated heterocycles. The van der Waals surface area contributed by atoms with Gasteiger partial charge < -0.3 is 8.23 Å². The van der Waals surface area contributed by atoms with Crippen LogP contribution in [0.4, 0.5) is 0 Å². The van der Waals surface area contributed by atoms with Crippen molar-refractivity contribution in [2.75, 3.05) is 0 Å². The van der Waals surface area contributed by atoms with Gasteiger partial charge in [0, 0.05) is 0 Å². The van der Waals surface area contributed by atoms with E-state index in [4.69, 9.17) is 8.23 Å². The molecule has 0 saturated carbocycles. The highest BCUT2D eigenvalue weighted by atomic mass is 28.5. The van der Waals surface area contributed by atoms with Gasteiger partial charge in [-0.25, -0.2) is 0 Å². The summed E-state index contributed by atoms with van der Waals surface area (Å²) in [5.41, 5.74) is 2.34. The Morgan fingerprint density at radius 2 is 1.42 bits per heavy atom. The molecule has 0 bridgehead atoms. The van der Waals surface area contributed by atoms with Crippen molar-refractivity contribution < 1.29 is 8.23 Å². The van der Waals surface area contributed by atoms with Crippen molar-refractivity contribution in [3.8, 4) is 0 Å². The fraction of sp³-hybridized carbons (Fsp3) is 0.857. The molecule has 0 aromatic carbocycles. The first-order valence-electron chi connectivity index (χ1n) is 7.55. The molecule has 5 heteroatoms. The molecule has 2 nitrogen and oxygen atoms in total. The molecule has 0 unspecified atom stereocenters. The Kier molecular flexibility index (Phi) is 8.06. The normalized spacial score (nSPS) is 14.3. The molecule has 0 atom stereocenters. The second kappa shape index (κ2) is 7.93. The summed E-state index contributed by atoms with van der Waals surface area (Å²) in [5.74, 6) is 0. The van der Waals surface area contributed by atoms with E-state index in [1.807, 2.05) is 0 Å². The van der Waals surface area contributed by atoms with Crippen molar-refractivity contribution in [2.45, 2.75) is 78.4 Å². The van der Waals surface area contributed by atoms with Crippen molar-refractivity contribution in [1.82, 2.24) is 0 Å². The van der Waals surface area contributed by atoms with Crippen molar-refractivity contribution in [2.24, 2.45) is 0 Å². The number of allylic oxidation sites excluding steroid dienone is 1. The van der Waals surface area contributed by atoms with Gasteiger partial charge in [-0.05, 0) is 58.7 Å². The number of hydrogen-bond acceptors (Lipinski definition) is 2. The summed E-state index contributed by atoms with van der Waals surface area (Å²) in [7, 11) is -5.20. The summed E-state index contributed by atoms with van der Waals surface area (Å²) in [4.78, 5) is 0. The Morgan fingerprint density at radius 3 is 1.89 bits per heavy atom. The lowest BCUT2D eigenvalue weighted by atomic mass is 10.2. The average Bonchev–Trinajstić information content (AvgIpc) is 2.10. The SMILES string of the molecule is CCCCCC=C[Si](C)(C)O[Si](C)(C)O[Si](C)(C)C. The molecule has 19 heavy (non-hydrogen) atoms. The predicted octanol–water partition coefficient (Wildman–Crippen LogP) is 5.44. The van der Waals surface area contributed by atoms with Crippen LogP contribution in [0.5, 0.6) is 0 Å². The van der Waals surface area contributed by atoms with Gasteiger partial charge in [0.05, 0.1) is 0 Å². The highest BCUT2D eigenvalue weighted by Crippen LogP contribution is 2.21. The van der Waals surface area contributed by atoms with Gasteiger partial charge in [0.2, 0.25) is 0 Å². The third kappa shape index (κ3) is 11.8. The van der Waals surface area contributed by atoms with Crippen LogP contribution in [-0.2, 0) is 8.23 Å². The standard InChI is InChI=1S/C14H34O2Si3/c1-9-10-11-12-13-14-18(5,6)16-19(7,8)15-17(2,3)4/h13-14H,9-12H2,1-8H3. The third-order valence-corrected chi connectivity index (χ3v) is 12.1. The summed E-state index contributed by atoms with van der Waals surface area (Å²) in [6.45, 7) is 17.9. The average molecular weight is 319 g/mol. The van der Waals surface area contributed by atoms with E-state index in [1.54, 1.807) is 0 Å². The van der Waals surface area contributed by atoms with Crippen LogP contribution in [0.25, 0.3) is 0 Å². The molecule has 0 radical (unpaired) electrons. The second-order valence-electron chi connectivity index (χ2n) is 7.22. The first kappa shape index (κ1) is 19.3. The Morgan fingerprint density at radius 1 is 0.842 bits per heavy atom. The predicted molar refractivity (Wildman–Crippen MR) is 93.8 cm³/mol. The summed E-state index contributed by atoms with van der Waals surface area (Å²) >= 11 is 0. The lowest BCUT2D eigenvalue weighted by Gasteiger charge is -2.36. The van der Waals surface area contributed by atoms with Crippen molar-refractivity contribution >= 4 is 25.2 Å². The largest absolute Gasteiger partial charge is 0.437 e. The highest BCUT2D eigenvalue weighted by Gasteiger charge is 2.36. The van der Waals surface area contributed by atoms with Gasteiger partial charge >= 0.3 is 8.56 Å². The van der Waals surface area contributed by atoms with Gasteiger partial charge in [-0.1, -0.05) is 31.5 Å². The summed E-state index contributed by atoms with van der Waals surface area (Å²) in [6, 6.07) is 0. The molecular formula is C14H34O2Si3. The lowest BCUT2D eigenvalue weighted by Crippen LogP contribution is -2.50. The zero-order valence-corrected chi connectivity index (χ0v) is 17.3. The van der Waals surface area contributed by atoms with Crippen LogP contribution >= 0.6 is 0 Å². The van der Waals surface area contributed by atoms with Crippen LogP contribution < -0.4 is 0 Å². The first-order valence-corrected chi connectivity index (χ1v) is 16.8. The second-order valence-corrected chi connectivity index (χ2v) is 19.4. The van der Waals surface area contributed by atoms with E-state index in [0.717, 1.165) is 0 Å². The maximum absolute atomic E-state index is 6.41. The Hall–Kier alpha value is 0.311. The number of hydrogen-bond donors (Lipinski definition) is 0. The van der Waals surface area contributed by atoms with Gasteiger partial charge in [-0.2, -0.15) is 0 Å². The van der Waals surface area contributed by atoms with Gasteiger partial charge in [-0.3, -0.25) is 0 Å². The van der Waals surface area contributed by atoms with Gasteiger partial charge in [0.1, 0.15) is 0 Å². The zero-order chi connectivity index (χ0) is 15.2. The van der Waals surface area contributed by atoms with Crippen LogP contribution in [0, 0.1) is 0 Å². The smallest absolute Gasteiger partial charge is 0.311 e. The summed E-state index contributed by atoms with van der Waals surface area (Å²) in [5, 5.41) is 0. The topological polar surface area (TPSA) is 18.5 Å². The van der Waals surface area contributed by atoms with Gasteiger partial charge in [-0.15, -0.1) is 0 Å². The van der Waals surface area contributed by atoms with E-state index in [2.05, 4.69) is 64.5 Å². The van der Waals surface area contributed by atoms with Crippen molar-refractivity contribution in [1.29, 1.82) is 0 Å². The van der Waals surface area contributed by atoms with Crippen LogP contribution in [0.15, 0.2) is 11.8 Å². The highest BCUT2D eigenvalue weighted by molar-refractivity contribution is 6.89. The molecule has 0 aliphatic heterocycles. The molecule has 0 rings (SSSR count). The quantitative estimate of drug-likeness (QED) is 0.416. The van der Waals surface area contributed by atoms with Crippen LogP contribution in [-0.4, -0.2) is 25.2 Å². The van der Waals surface area contributed by atoms with E-state index in [9.17, 15) is 0 Å². The van der Waals surface area contributed by atoms with Crippen molar-refractivity contribution in [3.63, 3.8) is 0 Å². The zero-order valence-electron chi connectivity index (χ0n) is 14.3. The van der Waals surface area contributed by atoms with Crippen LogP contribution in [0.3, 0.4) is 0 Å². The number of unbranched alkanes of at least 4 members (excludes halogenated alkanes) is 3. The molecule has 0 fully saturated rings. The Bertz CT molecular complexity index is 281. The fourth-order valence-electron chi connectivity index (χ4n) is 2.31. The van der Waals surface area contributed by atoms with E-state index in [0.29, 0.717) is 0 Å². The molecule has 114 valence electrons. The molecule has 0 aromatic rings. The summed E-state index contributed by atoms with van der Waals surface area (Å²) < 4.78 is 12.7. The first-order chi connectivity index (χ1) is 8.47. The van der Waals surface area contributed by atoms with Gasteiger partial charge in [0.25, 0.3) is 0 Å². The monoisotopic (exact) mass is 318 g/mol. The molecule has 0 aromatic heterocycles. The van der Waals surface area contributed by atoms with E-state index in [1.165, 1.54) is 25.7 Å². The molecule has 0 aliphatic carbocycles. The maximum atomic E-state index is 6.41. The maximum Gasteiger partial charge on any atom is 0.311 e. The van der Waals surface area contributed by atoms with Crippen LogP contribution in [0.1, 0.15) is 32.6 Å². The minimum atomic E-state index is -1.98. The van der Waals surface area contributed by atoms with E-state index < -0.39 is 25.2 Å². The number of rotatable bonds is 9. The Balaban J connectivity index is 4.33. The molecular weight excluding hydrogens is 284 g/mol. The molecule has 0 amide bonds. The fourth-order valence-corrected chi connectivity index (χ4v) is 14.8. The molecule has 0 spiro atoms. The van der Waals surface area contributed by atoms with Gasteiger partial charge in [0.15, 0.2) is 16.6 Å². The van der Waals surface area contributed by atoms with Crippen LogP contribution in [0.2, 0.25) is 45.8 Å². The minimum absolute atomic E-state index is 1.19. The lowest BCUT2D eigenvalue weighted by molar-refractivity contribution is 0.397. The molecule has 0 heterocycles. The van der Waals surface area contributed by atoms with Crippen molar-refractivity contribution in [3.05, 3.63) is 11.8 Å². The van der Waals surface area contributed by atoms with E-state index in [-0.39, 0.29) is 0 Å².